The Morgan fingerprint density at radius 2 is 1.81 bits per heavy atom. The van der Waals surface area contributed by atoms with Crippen molar-refractivity contribution in [3.63, 3.8) is 0 Å². The third-order valence-corrected chi connectivity index (χ3v) is 7.74. The van der Waals surface area contributed by atoms with E-state index in [9.17, 15) is 13.2 Å². The van der Waals surface area contributed by atoms with Gasteiger partial charge in [0.15, 0.2) is 0 Å². The molecule has 1 amide bonds. The number of halogens is 2. The predicted molar refractivity (Wildman–Crippen MR) is 125 cm³/mol. The van der Waals surface area contributed by atoms with Crippen LogP contribution in [0.25, 0.3) is 0 Å². The normalized spacial score (nSPS) is 14.4. The molecule has 1 aliphatic carbocycles. The molecule has 31 heavy (non-hydrogen) atoms. The van der Waals surface area contributed by atoms with Crippen LogP contribution in [0.1, 0.15) is 37.7 Å². The van der Waals surface area contributed by atoms with Crippen molar-refractivity contribution in [1.29, 1.82) is 0 Å². The van der Waals surface area contributed by atoms with Gasteiger partial charge in [-0.15, -0.1) is 0 Å². The van der Waals surface area contributed by atoms with Crippen LogP contribution < -0.4 is 5.32 Å². The molecule has 0 radical (unpaired) electrons. The Hall–Kier alpha value is -1.86. The van der Waals surface area contributed by atoms with Crippen LogP contribution in [0.15, 0.2) is 65.1 Å². The molecule has 0 spiro atoms. The summed E-state index contributed by atoms with van der Waals surface area (Å²) in [4.78, 5) is 12.7. The first-order valence-corrected chi connectivity index (χ1v) is 12.5. The van der Waals surface area contributed by atoms with Crippen LogP contribution in [0.4, 0.5) is 0 Å². The summed E-state index contributed by atoms with van der Waals surface area (Å²) in [5, 5.41) is 3.58. The molecule has 3 rings (SSSR count). The van der Waals surface area contributed by atoms with Crippen molar-refractivity contribution >= 4 is 39.1 Å². The van der Waals surface area contributed by atoms with E-state index in [0.29, 0.717) is 22.2 Å². The lowest BCUT2D eigenvalue weighted by Crippen LogP contribution is -2.40. The average molecular weight is 481 g/mol. The minimum atomic E-state index is -3.88. The molecular formula is C23H26Cl2N2O3S. The first kappa shape index (κ1) is 23.8. The molecule has 0 saturated heterocycles. The number of benzene rings is 2. The minimum Gasteiger partial charge on any atom is -0.355 e. The summed E-state index contributed by atoms with van der Waals surface area (Å²) in [6, 6.07) is 13.0. The van der Waals surface area contributed by atoms with E-state index in [1.807, 2.05) is 0 Å². The molecule has 5 nitrogen and oxygen atoms in total. The Labute approximate surface area is 194 Å². The fraction of sp³-hybridized carbons (Fsp3) is 0.348. The van der Waals surface area contributed by atoms with Crippen molar-refractivity contribution in [2.24, 2.45) is 0 Å². The summed E-state index contributed by atoms with van der Waals surface area (Å²) >= 11 is 12.1. The number of sulfonamides is 1. The van der Waals surface area contributed by atoms with Crippen molar-refractivity contribution in [2.45, 2.75) is 43.5 Å². The van der Waals surface area contributed by atoms with Gasteiger partial charge in [-0.25, -0.2) is 8.42 Å². The number of hydrogen-bond acceptors (Lipinski definition) is 3. The van der Waals surface area contributed by atoms with Gasteiger partial charge in [0.05, 0.1) is 21.5 Å². The summed E-state index contributed by atoms with van der Waals surface area (Å²) in [5.74, 6) is -0.337. The van der Waals surface area contributed by atoms with Gasteiger partial charge in [-0.1, -0.05) is 59.1 Å². The van der Waals surface area contributed by atoms with Gasteiger partial charge in [-0.3, -0.25) is 4.79 Å². The van der Waals surface area contributed by atoms with E-state index < -0.39 is 10.0 Å². The molecule has 1 N–H and O–H groups in total. The van der Waals surface area contributed by atoms with Crippen LogP contribution in [0, 0.1) is 0 Å². The lowest BCUT2D eigenvalue weighted by molar-refractivity contribution is -0.121. The Bertz CT molecular complexity index is 1040. The Morgan fingerprint density at radius 3 is 2.48 bits per heavy atom. The minimum absolute atomic E-state index is 0.00664. The largest absolute Gasteiger partial charge is 0.355 e. The van der Waals surface area contributed by atoms with E-state index in [2.05, 4.69) is 11.4 Å². The number of hydrogen-bond donors (Lipinski definition) is 1. The highest BCUT2D eigenvalue weighted by Crippen LogP contribution is 2.25. The van der Waals surface area contributed by atoms with Gasteiger partial charge >= 0.3 is 0 Å². The molecule has 2 aromatic carbocycles. The lowest BCUT2D eigenvalue weighted by Gasteiger charge is -2.22. The molecule has 0 unspecified atom stereocenters. The molecule has 2 aromatic rings. The monoisotopic (exact) mass is 480 g/mol. The molecule has 0 aliphatic heterocycles. The topological polar surface area (TPSA) is 66.5 Å². The van der Waals surface area contributed by atoms with Crippen LogP contribution in [0.3, 0.4) is 0 Å². The highest BCUT2D eigenvalue weighted by molar-refractivity contribution is 7.89. The molecule has 0 bridgehead atoms. The molecule has 0 atom stereocenters. The quantitative estimate of drug-likeness (QED) is 0.502. The SMILES string of the molecule is O=C(CN(Cc1ccc(Cl)c(Cl)c1)S(=O)(=O)c1ccccc1)NCCC1=CCCCC1. The number of nitrogens with one attached hydrogen (secondary N) is 1. The molecule has 166 valence electrons. The van der Waals surface area contributed by atoms with Crippen molar-refractivity contribution in [1.82, 2.24) is 9.62 Å². The zero-order valence-electron chi connectivity index (χ0n) is 17.2. The number of nitrogens with zero attached hydrogens (tertiary/aromatic N) is 1. The summed E-state index contributed by atoms with van der Waals surface area (Å²) in [5.41, 5.74) is 2.00. The maximum atomic E-state index is 13.2. The second kappa shape index (κ2) is 11.1. The number of amides is 1. The lowest BCUT2D eigenvalue weighted by atomic mass is 9.97. The Morgan fingerprint density at radius 1 is 1.03 bits per heavy atom. The number of carbonyl (C=O) groups excluding carboxylic acids is 1. The molecule has 0 saturated carbocycles. The molecule has 0 heterocycles. The molecule has 8 heteroatoms. The van der Waals surface area contributed by atoms with Gasteiger partial charge < -0.3 is 5.32 Å². The van der Waals surface area contributed by atoms with E-state index >= 15 is 0 Å². The van der Waals surface area contributed by atoms with Crippen LogP contribution in [0.5, 0.6) is 0 Å². The van der Waals surface area contributed by atoms with Crippen LogP contribution in [0.2, 0.25) is 10.0 Å². The highest BCUT2D eigenvalue weighted by atomic mass is 35.5. The van der Waals surface area contributed by atoms with Gasteiger partial charge in [0.25, 0.3) is 0 Å². The first-order valence-electron chi connectivity index (χ1n) is 10.3. The smallest absolute Gasteiger partial charge is 0.243 e. The van der Waals surface area contributed by atoms with Crippen molar-refractivity contribution < 1.29 is 13.2 Å². The van der Waals surface area contributed by atoms with Crippen molar-refractivity contribution in [2.75, 3.05) is 13.1 Å². The summed E-state index contributed by atoms with van der Waals surface area (Å²) in [7, 11) is -3.88. The predicted octanol–water partition coefficient (Wildman–Crippen LogP) is 5.19. The summed E-state index contributed by atoms with van der Waals surface area (Å²) in [6.45, 7) is 0.222. The molecule has 0 fully saturated rings. The average Bonchev–Trinajstić information content (AvgIpc) is 2.77. The van der Waals surface area contributed by atoms with E-state index in [1.54, 1.807) is 36.4 Å². The number of rotatable bonds is 9. The zero-order chi connectivity index (χ0) is 22.3. The van der Waals surface area contributed by atoms with E-state index in [1.165, 1.54) is 30.5 Å². The third kappa shape index (κ3) is 6.81. The first-order chi connectivity index (χ1) is 14.9. The number of carbonyl (C=O) groups is 1. The highest BCUT2D eigenvalue weighted by Gasteiger charge is 2.27. The molecule has 1 aliphatic rings. The second-order valence-electron chi connectivity index (χ2n) is 7.54. The zero-order valence-corrected chi connectivity index (χ0v) is 19.5. The fourth-order valence-electron chi connectivity index (χ4n) is 3.52. The Kier molecular flexibility index (Phi) is 8.55. The van der Waals surface area contributed by atoms with Gasteiger partial charge in [0, 0.05) is 13.1 Å². The van der Waals surface area contributed by atoms with Crippen molar-refractivity contribution in [3.05, 3.63) is 75.8 Å². The van der Waals surface area contributed by atoms with Crippen LogP contribution in [-0.4, -0.2) is 31.7 Å². The summed E-state index contributed by atoms with van der Waals surface area (Å²) < 4.78 is 27.6. The van der Waals surface area contributed by atoms with E-state index in [4.69, 9.17) is 23.2 Å². The maximum absolute atomic E-state index is 13.2. The van der Waals surface area contributed by atoms with E-state index in [0.717, 1.165) is 23.6 Å². The standard InChI is InChI=1S/C23H26Cl2N2O3S/c24-21-12-11-19(15-22(21)25)16-27(31(29,30)20-9-5-2-6-10-20)17-23(28)26-14-13-18-7-3-1-4-8-18/h2,5-7,9-12,15H,1,3-4,8,13-14,16-17H2,(H,26,28). The Balaban J connectivity index is 1.72. The molecule has 0 aromatic heterocycles. The maximum Gasteiger partial charge on any atom is 0.243 e. The van der Waals surface area contributed by atoms with Crippen LogP contribution >= 0.6 is 23.2 Å². The third-order valence-electron chi connectivity index (χ3n) is 5.20. The van der Waals surface area contributed by atoms with E-state index in [-0.39, 0.29) is 23.9 Å². The van der Waals surface area contributed by atoms with Crippen LogP contribution in [-0.2, 0) is 21.4 Å². The molecular weight excluding hydrogens is 455 g/mol. The van der Waals surface area contributed by atoms with Crippen molar-refractivity contribution in [3.8, 4) is 0 Å². The van der Waals surface area contributed by atoms with Gasteiger partial charge in [-0.05, 0) is 61.9 Å². The van der Waals surface area contributed by atoms with Gasteiger partial charge in [-0.2, -0.15) is 4.31 Å². The van der Waals surface area contributed by atoms with Gasteiger partial charge in [0.1, 0.15) is 0 Å². The summed E-state index contributed by atoms with van der Waals surface area (Å²) in [6.07, 6.45) is 7.61. The number of allylic oxidation sites excluding steroid dienone is 1. The fourth-order valence-corrected chi connectivity index (χ4v) is 5.25. The second-order valence-corrected chi connectivity index (χ2v) is 10.3. The van der Waals surface area contributed by atoms with Gasteiger partial charge in [0.2, 0.25) is 15.9 Å².